The third-order valence-corrected chi connectivity index (χ3v) is 2.52. The van der Waals surface area contributed by atoms with Gasteiger partial charge in [0.1, 0.15) is 0 Å². The van der Waals surface area contributed by atoms with E-state index >= 15 is 0 Å². The first kappa shape index (κ1) is 16.4. The Hall–Kier alpha value is -0.560. The maximum absolute atomic E-state index is 11.5. The van der Waals surface area contributed by atoms with Crippen molar-refractivity contribution in [3.8, 4) is 0 Å². The van der Waals surface area contributed by atoms with Crippen LogP contribution in [-0.2, 0) is 4.74 Å². The predicted molar refractivity (Wildman–Crippen MR) is 70.7 cm³/mol. The van der Waals surface area contributed by atoms with Crippen LogP contribution in [0.5, 0.6) is 0 Å². The number of methoxy groups -OCH3 is 1. The largest absolute Gasteiger partial charge is 0.458 e. The van der Waals surface area contributed by atoms with Crippen molar-refractivity contribution in [2.24, 2.45) is 0 Å². The first-order valence-corrected chi connectivity index (χ1v) is 5.76. The van der Waals surface area contributed by atoms with Crippen molar-refractivity contribution in [1.29, 1.82) is 0 Å². The number of nitrogens with one attached hydrogen (secondary N) is 2. The first-order chi connectivity index (χ1) is 7.75. The molecule has 0 aliphatic carbocycles. The molecule has 0 aliphatic heterocycles. The number of rotatable bonds is 7. The van der Waals surface area contributed by atoms with Crippen LogP contribution in [0.3, 0.4) is 0 Å². The molecule has 0 aliphatic rings. The van der Waals surface area contributed by atoms with Crippen molar-refractivity contribution in [1.82, 2.24) is 10.6 Å². The molecule has 0 radical (unpaired) electrons. The lowest BCUT2D eigenvalue weighted by Crippen LogP contribution is -2.33. The number of carbonyl (C=O) groups is 1. The lowest BCUT2D eigenvalue weighted by Gasteiger charge is -2.05. The van der Waals surface area contributed by atoms with Crippen LogP contribution in [0.25, 0.3) is 0 Å². The Labute approximate surface area is 115 Å². The van der Waals surface area contributed by atoms with Gasteiger partial charge in [-0.05, 0) is 22.0 Å². The van der Waals surface area contributed by atoms with Crippen LogP contribution in [-0.4, -0.2) is 39.3 Å². The minimum Gasteiger partial charge on any atom is -0.458 e. The summed E-state index contributed by atoms with van der Waals surface area (Å²) in [5.74, 6) is 0.0855. The molecule has 7 heteroatoms. The zero-order valence-corrected chi connectivity index (χ0v) is 11.9. The number of furan rings is 1. The topological polar surface area (TPSA) is 63.5 Å². The number of amides is 1. The summed E-state index contributed by atoms with van der Waals surface area (Å²) in [6.07, 6.45) is 1.47. The van der Waals surface area contributed by atoms with Crippen LogP contribution in [0.15, 0.2) is 21.2 Å². The molecule has 0 unspecified atom stereocenters. The molecule has 0 saturated heterocycles. The van der Waals surface area contributed by atoms with Crippen molar-refractivity contribution in [2.45, 2.75) is 0 Å². The number of carbonyl (C=O) groups excluding carboxylic acids is 1. The zero-order chi connectivity index (χ0) is 11.8. The number of hydrogen-bond donors (Lipinski definition) is 2. The Bertz CT molecular complexity index is 333. The molecule has 0 spiro atoms. The van der Waals surface area contributed by atoms with E-state index in [2.05, 4.69) is 26.6 Å². The van der Waals surface area contributed by atoms with Crippen LogP contribution < -0.4 is 10.6 Å². The molecule has 0 saturated carbocycles. The van der Waals surface area contributed by atoms with E-state index in [4.69, 9.17) is 9.15 Å². The summed E-state index contributed by atoms with van der Waals surface area (Å²) in [5, 5.41) is 5.86. The molecule has 1 heterocycles. The summed E-state index contributed by atoms with van der Waals surface area (Å²) in [4.78, 5) is 11.5. The van der Waals surface area contributed by atoms with E-state index in [0.29, 0.717) is 29.9 Å². The molecular weight excluding hydrogens is 311 g/mol. The Morgan fingerprint density at radius 3 is 2.82 bits per heavy atom. The molecule has 1 aromatic rings. The SMILES string of the molecule is COCCNCCNC(=O)c1occc1Br.Cl. The molecule has 0 aromatic carbocycles. The van der Waals surface area contributed by atoms with Gasteiger partial charge in [0.05, 0.1) is 17.3 Å². The summed E-state index contributed by atoms with van der Waals surface area (Å²) < 4.78 is 10.6. The van der Waals surface area contributed by atoms with Gasteiger partial charge in [-0.1, -0.05) is 0 Å². The van der Waals surface area contributed by atoms with E-state index in [0.717, 1.165) is 6.54 Å². The Balaban J connectivity index is 0.00000256. The molecule has 0 bridgehead atoms. The highest BCUT2D eigenvalue weighted by molar-refractivity contribution is 9.10. The van der Waals surface area contributed by atoms with Crippen molar-refractivity contribution in [2.75, 3.05) is 33.4 Å². The van der Waals surface area contributed by atoms with Gasteiger partial charge in [-0.15, -0.1) is 12.4 Å². The maximum atomic E-state index is 11.5. The van der Waals surface area contributed by atoms with E-state index in [1.54, 1.807) is 13.2 Å². The minimum atomic E-state index is -0.217. The monoisotopic (exact) mass is 326 g/mol. The normalized spacial score (nSPS) is 9.76. The van der Waals surface area contributed by atoms with Gasteiger partial charge in [-0.3, -0.25) is 4.79 Å². The zero-order valence-electron chi connectivity index (χ0n) is 9.49. The summed E-state index contributed by atoms with van der Waals surface area (Å²) in [7, 11) is 1.65. The van der Waals surface area contributed by atoms with Crippen LogP contribution in [0.2, 0.25) is 0 Å². The van der Waals surface area contributed by atoms with Gasteiger partial charge in [0.15, 0.2) is 0 Å². The third kappa shape index (κ3) is 6.07. The van der Waals surface area contributed by atoms with Gasteiger partial charge in [0, 0.05) is 26.7 Å². The van der Waals surface area contributed by atoms with E-state index in [1.807, 2.05) is 0 Å². The van der Waals surface area contributed by atoms with Crippen molar-refractivity contribution in [3.05, 3.63) is 22.6 Å². The molecule has 1 rings (SSSR count). The lowest BCUT2D eigenvalue weighted by molar-refractivity contribution is 0.0925. The van der Waals surface area contributed by atoms with E-state index in [-0.39, 0.29) is 18.3 Å². The van der Waals surface area contributed by atoms with Crippen molar-refractivity contribution >= 4 is 34.2 Å². The van der Waals surface area contributed by atoms with Gasteiger partial charge in [-0.25, -0.2) is 0 Å². The van der Waals surface area contributed by atoms with Crippen molar-refractivity contribution < 1.29 is 13.9 Å². The quantitative estimate of drug-likeness (QED) is 0.744. The number of hydrogen-bond acceptors (Lipinski definition) is 4. The van der Waals surface area contributed by atoms with Crippen LogP contribution in [0.4, 0.5) is 0 Å². The Morgan fingerprint density at radius 2 is 2.24 bits per heavy atom. The minimum absolute atomic E-state index is 0. The molecule has 5 nitrogen and oxygen atoms in total. The van der Waals surface area contributed by atoms with Gasteiger partial charge >= 0.3 is 0 Å². The summed E-state index contributed by atoms with van der Waals surface area (Å²) >= 11 is 3.22. The standard InChI is InChI=1S/C10H15BrN2O3.ClH/c1-15-7-5-12-3-4-13-10(14)9-8(11)2-6-16-9;/h2,6,12H,3-5,7H2,1H3,(H,13,14);1H. The van der Waals surface area contributed by atoms with E-state index in [9.17, 15) is 4.79 Å². The number of ether oxygens (including phenoxy) is 1. The van der Waals surface area contributed by atoms with Gasteiger partial charge < -0.3 is 19.8 Å². The Kier molecular flexibility index (Phi) is 9.16. The highest BCUT2D eigenvalue weighted by Gasteiger charge is 2.12. The van der Waals surface area contributed by atoms with E-state index in [1.165, 1.54) is 6.26 Å². The second-order valence-electron chi connectivity index (χ2n) is 3.10. The highest BCUT2D eigenvalue weighted by atomic mass is 79.9. The van der Waals surface area contributed by atoms with E-state index < -0.39 is 0 Å². The van der Waals surface area contributed by atoms with Crippen LogP contribution in [0.1, 0.15) is 10.6 Å². The molecule has 17 heavy (non-hydrogen) atoms. The van der Waals surface area contributed by atoms with Gasteiger partial charge in [0.2, 0.25) is 5.76 Å². The molecule has 1 amide bonds. The Morgan fingerprint density at radius 1 is 1.47 bits per heavy atom. The molecule has 0 fully saturated rings. The summed E-state index contributed by atoms with van der Waals surface area (Å²) in [6, 6.07) is 1.69. The fraction of sp³-hybridized carbons (Fsp3) is 0.500. The fourth-order valence-corrected chi connectivity index (χ4v) is 1.48. The smallest absolute Gasteiger partial charge is 0.288 e. The molecular formula is C10H16BrClN2O3. The second kappa shape index (κ2) is 9.47. The average molecular weight is 328 g/mol. The van der Waals surface area contributed by atoms with Crippen molar-refractivity contribution in [3.63, 3.8) is 0 Å². The van der Waals surface area contributed by atoms with Crippen LogP contribution >= 0.6 is 28.3 Å². The van der Waals surface area contributed by atoms with Gasteiger partial charge in [0.25, 0.3) is 5.91 Å². The van der Waals surface area contributed by atoms with Gasteiger partial charge in [-0.2, -0.15) is 0 Å². The number of halogens is 2. The molecule has 2 N–H and O–H groups in total. The first-order valence-electron chi connectivity index (χ1n) is 4.96. The lowest BCUT2D eigenvalue weighted by atomic mass is 10.4. The predicted octanol–water partition coefficient (Wildman–Crippen LogP) is 1.43. The van der Waals surface area contributed by atoms with Crippen LogP contribution in [0, 0.1) is 0 Å². The maximum Gasteiger partial charge on any atom is 0.288 e. The molecule has 1 aromatic heterocycles. The highest BCUT2D eigenvalue weighted by Crippen LogP contribution is 2.16. The average Bonchev–Trinajstić information content (AvgIpc) is 2.69. The fourth-order valence-electron chi connectivity index (χ4n) is 1.10. The third-order valence-electron chi connectivity index (χ3n) is 1.89. The summed E-state index contributed by atoms with van der Waals surface area (Å²) in [6.45, 7) is 2.69. The molecule has 98 valence electrons. The summed E-state index contributed by atoms with van der Waals surface area (Å²) in [5.41, 5.74) is 0. The second-order valence-corrected chi connectivity index (χ2v) is 3.95. The molecule has 0 atom stereocenters.